The lowest BCUT2D eigenvalue weighted by Crippen LogP contribution is -2.49. The number of benzene rings is 1. The minimum absolute atomic E-state index is 0.135. The third-order valence-corrected chi connectivity index (χ3v) is 5.60. The maximum Gasteiger partial charge on any atom is 0.253 e. The molecule has 154 valence electrons. The molecule has 2 fully saturated rings. The molecule has 2 heterocycles. The Hall–Kier alpha value is -1.99. The zero-order valence-corrected chi connectivity index (χ0v) is 16.3. The van der Waals surface area contributed by atoms with E-state index in [-0.39, 0.29) is 29.7 Å². The molecule has 2 aliphatic rings. The van der Waals surface area contributed by atoms with Crippen molar-refractivity contribution in [1.29, 1.82) is 0 Å². The SMILES string of the molecule is NCCCOC1CCN(C(=O)C2CCCN(C(=O)c3ccc(F)cc3)C2)CC1. The quantitative estimate of drug-likeness (QED) is 0.753. The summed E-state index contributed by atoms with van der Waals surface area (Å²) in [6.45, 7) is 3.78. The Bertz CT molecular complexity index is 659. The number of amides is 2. The van der Waals surface area contributed by atoms with Crippen LogP contribution in [0.5, 0.6) is 0 Å². The largest absolute Gasteiger partial charge is 0.378 e. The fourth-order valence-corrected chi connectivity index (χ4v) is 3.97. The average molecular weight is 391 g/mol. The highest BCUT2D eigenvalue weighted by molar-refractivity contribution is 5.94. The molecule has 2 amide bonds. The minimum atomic E-state index is -0.362. The number of nitrogens with two attached hydrogens (primary N) is 1. The van der Waals surface area contributed by atoms with Crippen LogP contribution in [0.1, 0.15) is 42.5 Å². The highest BCUT2D eigenvalue weighted by Gasteiger charge is 2.33. The number of carbonyl (C=O) groups excluding carboxylic acids is 2. The third kappa shape index (κ3) is 5.29. The molecule has 1 aromatic carbocycles. The molecule has 6 nitrogen and oxygen atoms in total. The Balaban J connectivity index is 1.50. The molecule has 1 atom stereocenters. The Morgan fingerprint density at radius 3 is 2.46 bits per heavy atom. The van der Waals surface area contributed by atoms with Gasteiger partial charge in [-0.25, -0.2) is 4.39 Å². The lowest BCUT2D eigenvalue weighted by atomic mass is 9.94. The van der Waals surface area contributed by atoms with Crippen LogP contribution in [0.2, 0.25) is 0 Å². The van der Waals surface area contributed by atoms with Gasteiger partial charge in [0.05, 0.1) is 12.0 Å². The summed E-state index contributed by atoms with van der Waals surface area (Å²) in [5.41, 5.74) is 5.95. The maximum atomic E-state index is 13.1. The van der Waals surface area contributed by atoms with Crippen molar-refractivity contribution < 1.29 is 18.7 Å². The molecule has 3 rings (SSSR count). The van der Waals surface area contributed by atoms with Crippen LogP contribution in [-0.4, -0.2) is 67.0 Å². The first-order valence-electron chi connectivity index (χ1n) is 10.2. The van der Waals surface area contributed by atoms with E-state index in [4.69, 9.17) is 10.5 Å². The van der Waals surface area contributed by atoms with Crippen molar-refractivity contribution in [3.8, 4) is 0 Å². The number of ether oxygens (including phenoxy) is 1. The molecular formula is C21H30FN3O3. The fraction of sp³-hybridized carbons (Fsp3) is 0.619. The maximum absolute atomic E-state index is 13.1. The first-order chi connectivity index (χ1) is 13.6. The summed E-state index contributed by atoms with van der Waals surface area (Å²) in [5, 5.41) is 0. The number of hydrogen-bond acceptors (Lipinski definition) is 4. The summed E-state index contributed by atoms with van der Waals surface area (Å²) in [4.78, 5) is 29.3. The van der Waals surface area contributed by atoms with E-state index in [1.165, 1.54) is 24.3 Å². The number of hydrogen-bond donors (Lipinski definition) is 1. The smallest absolute Gasteiger partial charge is 0.253 e. The van der Waals surface area contributed by atoms with Gasteiger partial charge in [-0.2, -0.15) is 0 Å². The molecule has 0 radical (unpaired) electrons. The van der Waals surface area contributed by atoms with Gasteiger partial charge in [0.25, 0.3) is 5.91 Å². The van der Waals surface area contributed by atoms with E-state index in [0.717, 1.165) is 32.1 Å². The summed E-state index contributed by atoms with van der Waals surface area (Å²) < 4.78 is 18.9. The molecule has 2 aliphatic heterocycles. The number of halogens is 1. The molecular weight excluding hydrogens is 361 g/mol. The molecule has 28 heavy (non-hydrogen) atoms. The number of nitrogens with zero attached hydrogens (tertiary/aromatic N) is 2. The van der Waals surface area contributed by atoms with E-state index in [1.54, 1.807) is 4.90 Å². The van der Waals surface area contributed by atoms with Crippen LogP contribution in [0.15, 0.2) is 24.3 Å². The van der Waals surface area contributed by atoms with E-state index in [0.29, 0.717) is 44.9 Å². The zero-order valence-electron chi connectivity index (χ0n) is 16.3. The van der Waals surface area contributed by atoms with Gasteiger partial charge in [0.1, 0.15) is 5.82 Å². The molecule has 0 spiro atoms. The van der Waals surface area contributed by atoms with Crippen LogP contribution in [0.25, 0.3) is 0 Å². The topological polar surface area (TPSA) is 75.9 Å². The van der Waals surface area contributed by atoms with Gasteiger partial charge in [-0.15, -0.1) is 0 Å². The van der Waals surface area contributed by atoms with Gasteiger partial charge in [-0.1, -0.05) is 0 Å². The third-order valence-electron chi connectivity index (χ3n) is 5.60. The summed E-state index contributed by atoms with van der Waals surface area (Å²) in [5.74, 6) is -0.520. The molecule has 2 N–H and O–H groups in total. The van der Waals surface area contributed by atoms with Crippen LogP contribution < -0.4 is 5.73 Å². The van der Waals surface area contributed by atoms with Gasteiger partial charge in [-0.05, 0) is 62.9 Å². The van der Waals surface area contributed by atoms with Gasteiger partial charge in [-0.3, -0.25) is 9.59 Å². The normalized spacial score (nSPS) is 21.0. The Kier molecular flexibility index (Phi) is 7.39. The minimum Gasteiger partial charge on any atom is -0.378 e. The predicted octanol–water partition coefficient (Wildman–Crippen LogP) is 2.03. The highest BCUT2D eigenvalue weighted by atomic mass is 19.1. The second-order valence-corrected chi connectivity index (χ2v) is 7.63. The van der Waals surface area contributed by atoms with E-state index in [2.05, 4.69) is 0 Å². The van der Waals surface area contributed by atoms with Crippen molar-refractivity contribution in [1.82, 2.24) is 9.80 Å². The molecule has 2 saturated heterocycles. The van der Waals surface area contributed by atoms with Crippen LogP contribution in [0, 0.1) is 11.7 Å². The lowest BCUT2D eigenvalue weighted by Gasteiger charge is -2.37. The number of piperidine rings is 2. The summed E-state index contributed by atoms with van der Waals surface area (Å²) in [7, 11) is 0. The monoisotopic (exact) mass is 391 g/mol. The van der Waals surface area contributed by atoms with Gasteiger partial charge in [0, 0.05) is 38.3 Å². The van der Waals surface area contributed by atoms with Crippen LogP contribution >= 0.6 is 0 Å². The molecule has 0 aromatic heterocycles. The molecule has 1 unspecified atom stereocenters. The fourth-order valence-electron chi connectivity index (χ4n) is 3.97. The number of carbonyl (C=O) groups is 2. The number of rotatable bonds is 6. The van der Waals surface area contributed by atoms with Crippen molar-refractivity contribution >= 4 is 11.8 Å². The summed E-state index contributed by atoms with van der Waals surface area (Å²) >= 11 is 0. The zero-order chi connectivity index (χ0) is 19.9. The predicted molar refractivity (Wildman–Crippen MR) is 104 cm³/mol. The van der Waals surface area contributed by atoms with Crippen molar-refractivity contribution in [3.05, 3.63) is 35.6 Å². The summed E-state index contributed by atoms with van der Waals surface area (Å²) in [6.07, 6.45) is 4.38. The van der Waals surface area contributed by atoms with Crippen molar-refractivity contribution in [2.45, 2.75) is 38.2 Å². The molecule has 1 aromatic rings. The summed E-state index contributed by atoms with van der Waals surface area (Å²) in [6, 6.07) is 5.58. The van der Waals surface area contributed by atoms with E-state index >= 15 is 0 Å². The van der Waals surface area contributed by atoms with Crippen LogP contribution in [0.3, 0.4) is 0 Å². The second kappa shape index (κ2) is 9.98. The van der Waals surface area contributed by atoms with Crippen LogP contribution in [0.4, 0.5) is 4.39 Å². The second-order valence-electron chi connectivity index (χ2n) is 7.63. The molecule has 7 heteroatoms. The Morgan fingerprint density at radius 2 is 1.79 bits per heavy atom. The van der Waals surface area contributed by atoms with E-state index < -0.39 is 0 Å². The van der Waals surface area contributed by atoms with Gasteiger partial charge < -0.3 is 20.3 Å². The van der Waals surface area contributed by atoms with Gasteiger partial charge in [0.15, 0.2) is 0 Å². The van der Waals surface area contributed by atoms with E-state index in [1.807, 2.05) is 4.90 Å². The lowest BCUT2D eigenvalue weighted by molar-refractivity contribution is -0.139. The molecule has 0 aliphatic carbocycles. The van der Waals surface area contributed by atoms with Crippen molar-refractivity contribution in [2.24, 2.45) is 11.7 Å². The molecule has 0 saturated carbocycles. The van der Waals surface area contributed by atoms with Gasteiger partial charge >= 0.3 is 0 Å². The standard InChI is InChI=1S/C21H30FN3O3/c22-18-6-4-16(5-7-18)20(26)25-11-1-3-17(15-25)21(27)24-12-8-19(9-13-24)28-14-2-10-23/h4-7,17,19H,1-3,8-15,23H2. The molecule has 0 bridgehead atoms. The average Bonchev–Trinajstić information content (AvgIpc) is 2.74. The first-order valence-corrected chi connectivity index (χ1v) is 10.2. The van der Waals surface area contributed by atoms with Gasteiger partial charge in [0.2, 0.25) is 5.91 Å². The highest BCUT2D eigenvalue weighted by Crippen LogP contribution is 2.23. The van der Waals surface area contributed by atoms with Crippen molar-refractivity contribution in [3.63, 3.8) is 0 Å². The first kappa shape index (κ1) is 20.7. The van der Waals surface area contributed by atoms with Crippen molar-refractivity contribution in [2.75, 3.05) is 39.3 Å². The number of likely N-dealkylation sites (tertiary alicyclic amines) is 2. The Morgan fingerprint density at radius 1 is 1.07 bits per heavy atom. The van der Waals surface area contributed by atoms with E-state index in [9.17, 15) is 14.0 Å². The van der Waals surface area contributed by atoms with Crippen LogP contribution in [-0.2, 0) is 9.53 Å². The Labute approximate surface area is 165 Å².